The standard InChI is InChI=1S/C18H23N5O/c1-3-23(4-2)15-9-7-13(8-10-15)20-17(24)16-11-12-19-18(22-16)21-14-5-6-14/h7-12,14H,3-6H2,1-2H3,(H,20,24)(H,19,21,22). The van der Waals surface area contributed by atoms with Crippen molar-refractivity contribution in [3.63, 3.8) is 0 Å². The van der Waals surface area contributed by atoms with Gasteiger partial charge in [0, 0.05) is 36.7 Å². The van der Waals surface area contributed by atoms with Crippen LogP contribution in [-0.4, -0.2) is 35.0 Å². The number of nitrogens with one attached hydrogen (secondary N) is 2. The highest BCUT2D eigenvalue weighted by Crippen LogP contribution is 2.23. The molecule has 1 aromatic heterocycles. The number of carbonyl (C=O) groups is 1. The highest BCUT2D eigenvalue weighted by Gasteiger charge is 2.22. The number of amides is 1. The Kier molecular flexibility index (Phi) is 4.93. The van der Waals surface area contributed by atoms with Crippen molar-refractivity contribution >= 4 is 23.2 Å². The predicted molar refractivity (Wildman–Crippen MR) is 96.6 cm³/mol. The van der Waals surface area contributed by atoms with Crippen LogP contribution in [0.4, 0.5) is 17.3 Å². The average molecular weight is 325 g/mol. The third kappa shape index (κ3) is 4.01. The van der Waals surface area contributed by atoms with Crippen LogP contribution in [0.5, 0.6) is 0 Å². The fourth-order valence-corrected chi connectivity index (χ4v) is 2.50. The Morgan fingerprint density at radius 1 is 1.17 bits per heavy atom. The number of nitrogens with zero attached hydrogens (tertiary/aromatic N) is 3. The van der Waals surface area contributed by atoms with Gasteiger partial charge in [0.1, 0.15) is 5.69 Å². The molecule has 0 radical (unpaired) electrons. The van der Waals surface area contributed by atoms with Crippen LogP contribution in [0.2, 0.25) is 0 Å². The molecule has 0 unspecified atom stereocenters. The molecule has 3 rings (SSSR count). The summed E-state index contributed by atoms with van der Waals surface area (Å²) in [5, 5.41) is 6.08. The van der Waals surface area contributed by atoms with Crippen LogP contribution >= 0.6 is 0 Å². The molecule has 0 atom stereocenters. The highest BCUT2D eigenvalue weighted by molar-refractivity contribution is 6.03. The summed E-state index contributed by atoms with van der Waals surface area (Å²) in [7, 11) is 0. The van der Waals surface area contributed by atoms with Gasteiger partial charge < -0.3 is 15.5 Å². The Balaban J connectivity index is 1.65. The lowest BCUT2D eigenvalue weighted by Gasteiger charge is -2.21. The molecule has 1 saturated carbocycles. The maximum Gasteiger partial charge on any atom is 0.274 e. The van der Waals surface area contributed by atoms with E-state index in [1.807, 2.05) is 24.3 Å². The predicted octanol–water partition coefficient (Wildman–Crippen LogP) is 3.15. The smallest absolute Gasteiger partial charge is 0.274 e. The third-order valence-corrected chi connectivity index (χ3v) is 4.05. The van der Waals surface area contributed by atoms with Crippen LogP contribution in [-0.2, 0) is 0 Å². The van der Waals surface area contributed by atoms with Crippen molar-refractivity contribution < 1.29 is 4.79 Å². The Bertz CT molecular complexity index is 693. The van der Waals surface area contributed by atoms with E-state index in [2.05, 4.69) is 39.3 Å². The van der Waals surface area contributed by atoms with Crippen molar-refractivity contribution in [3.8, 4) is 0 Å². The second-order valence-electron chi connectivity index (χ2n) is 5.86. The van der Waals surface area contributed by atoms with Gasteiger partial charge in [-0.3, -0.25) is 4.79 Å². The molecule has 1 heterocycles. The summed E-state index contributed by atoms with van der Waals surface area (Å²) < 4.78 is 0. The van der Waals surface area contributed by atoms with Crippen LogP contribution in [0.3, 0.4) is 0 Å². The van der Waals surface area contributed by atoms with E-state index in [-0.39, 0.29) is 5.91 Å². The average Bonchev–Trinajstić information content (AvgIpc) is 3.41. The molecular formula is C18H23N5O. The zero-order valence-electron chi connectivity index (χ0n) is 14.1. The van der Waals surface area contributed by atoms with Gasteiger partial charge in [-0.15, -0.1) is 0 Å². The normalized spacial score (nSPS) is 13.4. The molecule has 6 heteroatoms. The van der Waals surface area contributed by atoms with Crippen molar-refractivity contribution in [2.45, 2.75) is 32.7 Å². The molecule has 126 valence electrons. The monoisotopic (exact) mass is 325 g/mol. The van der Waals surface area contributed by atoms with Crippen molar-refractivity contribution in [3.05, 3.63) is 42.2 Å². The molecule has 1 aliphatic rings. The van der Waals surface area contributed by atoms with Gasteiger partial charge in [-0.05, 0) is 57.0 Å². The van der Waals surface area contributed by atoms with Gasteiger partial charge in [-0.2, -0.15) is 0 Å². The van der Waals surface area contributed by atoms with E-state index < -0.39 is 0 Å². The van der Waals surface area contributed by atoms with Gasteiger partial charge in [-0.25, -0.2) is 9.97 Å². The van der Waals surface area contributed by atoms with Crippen LogP contribution < -0.4 is 15.5 Å². The number of aromatic nitrogens is 2. The van der Waals surface area contributed by atoms with Crippen molar-refractivity contribution in [1.29, 1.82) is 0 Å². The first-order valence-corrected chi connectivity index (χ1v) is 8.45. The molecule has 6 nitrogen and oxygen atoms in total. The van der Waals surface area contributed by atoms with Crippen LogP contribution in [0.25, 0.3) is 0 Å². The molecule has 0 bridgehead atoms. The molecule has 1 aliphatic carbocycles. The van der Waals surface area contributed by atoms with Gasteiger partial charge in [0.2, 0.25) is 5.95 Å². The Morgan fingerprint density at radius 2 is 1.88 bits per heavy atom. The summed E-state index contributed by atoms with van der Waals surface area (Å²) in [6, 6.07) is 9.94. The summed E-state index contributed by atoms with van der Waals surface area (Å²) in [6.45, 7) is 6.17. The summed E-state index contributed by atoms with van der Waals surface area (Å²) >= 11 is 0. The summed E-state index contributed by atoms with van der Waals surface area (Å²) in [5.41, 5.74) is 2.27. The Morgan fingerprint density at radius 3 is 2.50 bits per heavy atom. The maximum absolute atomic E-state index is 12.4. The van der Waals surface area contributed by atoms with E-state index in [0.717, 1.165) is 37.3 Å². The van der Waals surface area contributed by atoms with Crippen LogP contribution in [0, 0.1) is 0 Å². The van der Waals surface area contributed by atoms with E-state index in [1.165, 1.54) is 0 Å². The Hall–Kier alpha value is -2.63. The lowest BCUT2D eigenvalue weighted by Crippen LogP contribution is -2.21. The fourth-order valence-electron chi connectivity index (χ4n) is 2.50. The van der Waals surface area contributed by atoms with Gasteiger partial charge in [0.15, 0.2) is 0 Å². The van der Waals surface area contributed by atoms with Gasteiger partial charge in [-0.1, -0.05) is 0 Å². The van der Waals surface area contributed by atoms with E-state index in [0.29, 0.717) is 17.7 Å². The zero-order chi connectivity index (χ0) is 16.9. The zero-order valence-corrected chi connectivity index (χ0v) is 14.1. The fraction of sp³-hybridized carbons (Fsp3) is 0.389. The van der Waals surface area contributed by atoms with Crippen molar-refractivity contribution in [2.75, 3.05) is 28.6 Å². The second-order valence-corrected chi connectivity index (χ2v) is 5.86. The van der Waals surface area contributed by atoms with Crippen molar-refractivity contribution in [2.24, 2.45) is 0 Å². The molecule has 2 aromatic rings. The molecule has 0 spiro atoms. The lowest BCUT2D eigenvalue weighted by molar-refractivity contribution is 0.102. The first kappa shape index (κ1) is 16.2. The number of carbonyl (C=O) groups excluding carboxylic acids is 1. The second kappa shape index (κ2) is 7.29. The minimum Gasteiger partial charge on any atom is -0.372 e. The first-order chi connectivity index (χ1) is 11.7. The summed E-state index contributed by atoms with van der Waals surface area (Å²) in [4.78, 5) is 23.0. The SMILES string of the molecule is CCN(CC)c1ccc(NC(=O)c2ccnc(NC3CC3)n2)cc1. The molecule has 2 N–H and O–H groups in total. The molecule has 1 amide bonds. The summed E-state index contributed by atoms with van der Waals surface area (Å²) in [5.74, 6) is 0.286. The number of benzene rings is 1. The summed E-state index contributed by atoms with van der Waals surface area (Å²) in [6.07, 6.45) is 3.88. The van der Waals surface area contributed by atoms with Crippen LogP contribution in [0.15, 0.2) is 36.5 Å². The number of hydrogen-bond donors (Lipinski definition) is 2. The first-order valence-electron chi connectivity index (χ1n) is 8.45. The minimum atomic E-state index is -0.230. The number of hydrogen-bond acceptors (Lipinski definition) is 5. The molecule has 1 fully saturated rings. The minimum absolute atomic E-state index is 0.230. The van der Waals surface area contributed by atoms with E-state index in [4.69, 9.17) is 0 Å². The third-order valence-electron chi connectivity index (χ3n) is 4.05. The maximum atomic E-state index is 12.4. The van der Waals surface area contributed by atoms with E-state index in [1.54, 1.807) is 12.3 Å². The van der Waals surface area contributed by atoms with Crippen LogP contribution in [0.1, 0.15) is 37.2 Å². The Labute approximate surface area is 142 Å². The molecule has 0 aliphatic heterocycles. The van der Waals surface area contributed by atoms with Gasteiger partial charge in [0.25, 0.3) is 5.91 Å². The van der Waals surface area contributed by atoms with E-state index in [9.17, 15) is 4.79 Å². The number of rotatable bonds is 7. The quantitative estimate of drug-likeness (QED) is 0.818. The largest absolute Gasteiger partial charge is 0.372 e. The van der Waals surface area contributed by atoms with Gasteiger partial charge >= 0.3 is 0 Å². The molecule has 0 saturated heterocycles. The number of anilines is 3. The molecule has 24 heavy (non-hydrogen) atoms. The van der Waals surface area contributed by atoms with Crippen molar-refractivity contribution in [1.82, 2.24) is 9.97 Å². The van der Waals surface area contributed by atoms with E-state index >= 15 is 0 Å². The lowest BCUT2D eigenvalue weighted by atomic mass is 10.2. The van der Waals surface area contributed by atoms with Gasteiger partial charge in [0.05, 0.1) is 0 Å². The molecular weight excluding hydrogens is 302 g/mol. The topological polar surface area (TPSA) is 70.2 Å². The molecule has 1 aromatic carbocycles. The highest BCUT2D eigenvalue weighted by atomic mass is 16.1.